The molecule has 0 radical (unpaired) electrons. The van der Waals surface area contributed by atoms with Gasteiger partial charge in [0.25, 0.3) is 0 Å². The molecule has 0 aromatic carbocycles. The summed E-state index contributed by atoms with van der Waals surface area (Å²) in [6, 6.07) is 0. The molecule has 11 nitrogen and oxygen atoms in total. The summed E-state index contributed by atoms with van der Waals surface area (Å²) in [6.45, 7) is 18.0. The van der Waals surface area contributed by atoms with Gasteiger partial charge < -0.3 is 29.0 Å². The highest BCUT2D eigenvalue weighted by molar-refractivity contribution is 5.82. The summed E-state index contributed by atoms with van der Waals surface area (Å²) in [5.74, 6) is -1.57. The molecule has 0 aromatic heterocycles. The molecule has 1 N–H and O–H groups in total. The zero-order valence-electron chi connectivity index (χ0n) is 44.8. The highest BCUT2D eigenvalue weighted by atomic mass is 16.7. The van der Waals surface area contributed by atoms with E-state index in [-0.39, 0.29) is 49.5 Å². The van der Waals surface area contributed by atoms with Crippen molar-refractivity contribution in [3.8, 4) is 0 Å². The maximum absolute atomic E-state index is 13.0. The van der Waals surface area contributed by atoms with Gasteiger partial charge in [-0.15, -0.1) is 0 Å². The maximum atomic E-state index is 13.0. The van der Waals surface area contributed by atoms with Crippen molar-refractivity contribution in [1.29, 1.82) is 0 Å². The number of amides is 1. The van der Waals surface area contributed by atoms with Crippen molar-refractivity contribution in [2.24, 2.45) is 5.41 Å². The van der Waals surface area contributed by atoms with E-state index in [1.807, 2.05) is 13.8 Å². The molecule has 0 spiro atoms. The van der Waals surface area contributed by atoms with Crippen LogP contribution < -0.4 is 5.32 Å². The predicted octanol–water partition coefficient (Wildman–Crippen LogP) is 13.9. The molecule has 0 bridgehead atoms. The molecular formula is C56H106N2O9. The van der Waals surface area contributed by atoms with Crippen LogP contribution in [0.1, 0.15) is 267 Å². The van der Waals surface area contributed by atoms with E-state index in [0.29, 0.717) is 32.6 Å². The molecule has 1 aliphatic heterocycles. The SMILES string of the molecule is CCCCCCCCCCCOC(=O)CCCCCN(CCCCCCCC(=O)OC(CCCCCCCC)CCCCCCCC)CCOC(=O)CCNC(=O)[C@@H]1OC(C)(C)OCC1(C)C. The fourth-order valence-corrected chi connectivity index (χ4v) is 8.80. The van der Waals surface area contributed by atoms with Gasteiger partial charge in [-0.05, 0) is 84.7 Å². The first-order valence-electron chi connectivity index (χ1n) is 28.2. The Morgan fingerprint density at radius 3 is 1.51 bits per heavy atom. The first-order chi connectivity index (χ1) is 32.3. The maximum Gasteiger partial charge on any atom is 0.307 e. The number of rotatable bonds is 46. The van der Waals surface area contributed by atoms with Crippen LogP contribution in [-0.4, -0.2) is 92.7 Å². The summed E-state index contributed by atoms with van der Waals surface area (Å²) in [6.07, 6.45) is 36.4. The Hall–Kier alpha value is -2.24. The van der Waals surface area contributed by atoms with E-state index in [0.717, 1.165) is 103 Å². The van der Waals surface area contributed by atoms with Gasteiger partial charge in [0.1, 0.15) is 18.8 Å². The minimum absolute atomic E-state index is 0.0292. The van der Waals surface area contributed by atoms with Crippen LogP contribution in [-0.2, 0) is 42.9 Å². The van der Waals surface area contributed by atoms with Gasteiger partial charge in [-0.3, -0.25) is 24.1 Å². The fraction of sp³-hybridized carbons (Fsp3) is 0.929. The number of carbonyl (C=O) groups is 4. The van der Waals surface area contributed by atoms with E-state index in [1.165, 1.54) is 109 Å². The van der Waals surface area contributed by atoms with Crippen molar-refractivity contribution < 1.29 is 42.9 Å². The van der Waals surface area contributed by atoms with Crippen LogP contribution in [0.4, 0.5) is 0 Å². The van der Waals surface area contributed by atoms with Gasteiger partial charge in [-0.1, -0.05) is 176 Å². The second-order valence-electron chi connectivity index (χ2n) is 20.9. The van der Waals surface area contributed by atoms with Crippen LogP contribution in [0.3, 0.4) is 0 Å². The summed E-state index contributed by atoms with van der Waals surface area (Å²) in [5, 5.41) is 2.85. The first kappa shape index (κ1) is 62.8. The molecule has 1 aliphatic rings. The standard InChI is InChI=1S/C56H106N2O9/c1-8-11-14-17-20-21-22-28-36-46-63-50(59)39-33-29-35-44-58(45-47-64-51(60)41-42-57-54(62)53-55(4,5)48-65-56(6,7)67-53)43-34-27-23-26-32-40-52(61)66-49(37-30-24-18-15-12-9-2)38-31-25-19-16-13-10-3/h49,53H,8-48H2,1-7H3,(H,57,62)/t53-/m0/s1. The van der Waals surface area contributed by atoms with E-state index < -0.39 is 17.3 Å². The number of ether oxygens (including phenoxy) is 5. The molecule has 1 atom stereocenters. The van der Waals surface area contributed by atoms with Crippen LogP contribution >= 0.6 is 0 Å². The minimum atomic E-state index is -0.848. The molecule has 0 saturated carbocycles. The Labute approximate surface area is 411 Å². The quantitative estimate of drug-likeness (QED) is 0.0358. The van der Waals surface area contributed by atoms with Crippen LogP contribution in [0, 0.1) is 5.41 Å². The highest BCUT2D eigenvalue weighted by Crippen LogP contribution is 2.35. The van der Waals surface area contributed by atoms with Crippen molar-refractivity contribution in [3.63, 3.8) is 0 Å². The van der Waals surface area contributed by atoms with E-state index in [2.05, 4.69) is 31.0 Å². The molecule has 1 fully saturated rings. The van der Waals surface area contributed by atoms with Crippen LogP contribution in [0.5, 0.6) is 0 Å². The Balaban J connectivity index is 2.49. The van der Waals surface area contributed by atoms with E-state index in [4.69, 9.17) is 23.7 Å². The van der Waals surface area contributed by atoms with Gasteiger partial charge in [-0.25, -0.2) is 0 Å². The zero-order valence-corrected chi connectivity index (χ0v) is 44.8. The van der Waals surface area contributed by atoms with E-state index in [1.54, 1.807) is 13.8 Å². The van der Waals surface area contributed by atoms with Crippen molar-refractivity contribution in [3.05, 3.63) is 0 Å². The lowest BCUT2D eigenvalue weighted by molar-refractivity contribution is -0.304. The Morgan fingerprint density at radius 2 is 0.955 bits per heavy atom. The third kappa shape index (κ3) is 36.4. The summed E-state index contributed by atoms with van der Waals surface area (Å²) in [5.41, 5.74) is -0.490. The topological polar surface area (TPSA) is 130 Å². The average molecular weight is 951 g/mol. The normalized spacial score (nSPS) is 15.5. The number of nitrogens with zero attached hydrogens (tertiary/aromatic N) is 1. The van der Waals surface area contributed by atoms with Crippen molar-refractivity contribution in [2.45, 2.75) is 285 Å². The molecule has 11 heteroatoms. The van der Waals surface area contributed by atoms with Crippen LogP contribution in [0.25, 0.3) is 0 Å². The molecule has 394 valence electrons. The number of nitrogens with one attached hydrogen (secondary N) is 1. The molecule has 67 heavy (non-hydrogen) atoms. The second kappa shape index (κ2) is 41.5. The molecular weight excluding hydrogens is 845 g/mol. The Morgan fingerprint density at radius 1 is 0.522 bits per heavy atom. The minimum Gasteiger partial charge on any atom is -0.466 e. The lowest BCUT2D eigenvalue weighted by Crippen LogP contribution is -2.56. The van der Waals surface area contributed by atoms with Gasteiger partial charge in [-0.2, -0.15) is 0 Å². The molecule has 1 rings (SSSR count). The lowest BCUT2D eigenvalue weighted by atomic mass is 9.85. The number of hydrogen-bond acceptors (Lipinski definition) is 10. The van der Waals surface area contributed by atoms with Crippen molar-refractivity contribution in [2.75, 3.05) is 46.0 Å². The molecule has 1 heterocycles. The highest BCUT2D eigenvalue weighted by Gasteiger charge is 2.45. The molecule has 1 saturated heterocycles. The predicted molar refractivity (Wildman–Crippen MR) is 274 cm³/mol. The van der Waals surface area contributed by atoms with Crippen LogP contribution in [0.2, 0.25) is 0 Å². The van der Waals surface area contributed by atoms with Gasteiger partial charge in [0.2, 0.25) is 5.91 Å². The summed E-state index contributed by atoms with van der Waals surface area (Å²) >= 11 is 0. The van der Waals surface area contributed by atoms with Gasteiger partial charge in [0.05, 0.1) is 19.6 Å². The Bertz CT molecular complexity index is 1210. The number of hydrogen-bond donors (Lipinski definition) is 1. The van der Waals surface area contributed by atoms with Gasteiger partial charge in [0, 0.05) is 31.3 Å². The zero-order chi connectivity index (χ0) is 49.3. The molecule has 0 aliphatic carbocycles. The summed E-state index contributed by atoms with van der Waals surface area (Å²) < 4.78 is 28.9. The van der Waals surface area contributed by atoms with Crippen LogP contribution in [0.15, 0.2) is 0 Å². The van der Waals surface area contributed by atoms with E-state index >= 15 is 0 Å². The van der Waals surface area contributed by atoms with E-state index in [9.17, 15) is 19.2 Å². The second-order valence-corrected chi connectivity index (χ2v) is 20.9. The number of carbonyl (C=O) groups excluding carboxylic acids is 4. The molecule has 0 aromatic rings. The number of esters is 3. The largest absolute Gasteiger partial charge is 0.466 e. The van der Waals surface area contributed by atoms with Gasteiger partial charge >= 0.3 is 17.9 Å². The lowest BCUT2D eigenvalue weighted by Gasteiger charge is -2.44. The summed E-state index contributed by atoms with van der Waals surface area (Å²) in [7, 11) is 0. The average Bonchev–Trinajstić information content (AvgIpc) is 3.29. The van der Waals surface area contributed by atoms with Crippen molar-refractivity contribution in [1.82, 2.24) is 10.2 Å². The third-order valence-electron chi connectivity index (χ3n) is 13.2. The number of unbranched alkanes of at least 4 members (excludes halogenated alkanes) is 24. The summed E-state index contributed by atoms with van der Waals surface area (Å²) in [4.78, 5) is 53.3. The molecule has 1 amide bonds. The monoisotopic (exact) mass is 951 g/mol. The fourth-order valence-electron chi connectivity index (χ4n) is 8.80. The van der Waals surface area contributed by atoms with Crippen molar-refractivity contribution >= 4 is 23.8 Å². The van der Waals surface area contributed by atoms with Gasteiger partial charge in [0.15, 0.2) is 5.79 Å². The smallest absolute Gasteiger partial charge is 0.307 e. The Kier molecular flexibility index (Phi) is 38.9. The molecule has 0 unspecified atom stereocenters. The first-order valence-corrected chi connectivity index (χ1v) is 28.2. The third-order valence-corrected chi connectivity index (χ3v) is 13.2.